The average molecular weight is 173 g/mol. The second-order valence-electron chi connectivity index (χ2n) is 3.12. The molecule has 2 heteroatoms. The molecule has 0 aliphatic rings. The van der Waals surface area contributed by atoms with Crippen molar-refractivity contribution in [3.8, 4) is 0 Å². The monoisotopic (exact) mass is 173 g/mol. The van der Waals surface area contributed by atoms with Gasteiger partial charge < -0.3 is 5.11 Å². The van der Waals surface area contributed by atoms with E-state index in [1.807, 2.05) is 24.3 Å². The summed E-state index contributed by atoms with van der Waals surface area (Å²) in [6.45, 7) is 1.77. The molecule has 0 radical (unpaired) electrons. The fraction of sp³-hybridized carbons (Fsp3) is 0.182. The number of benzene rings is 1. The van der Waals surface area contributed by atoms with Gasteiger partial charge in [-0.15, -0.1) is 0 Å². The molecule has 0 saturated heterocycles. The molecule has 1 aromatic heterocycles. The highest BCUT2D eigenvalue weighted by atomic mass is 16.3. The van der Waals surface area contributed by atoms with Crippen LogP contribution in [0.3, 0.4) is 0 Å². The summed E-state index contributed by atoms with van der Waals surface area (Å²) in [6, 6.07) is 7.80. The lowest BCUT2D eigenvalue weighted by Gasteiger charge is -2.07. The maximum Gasteiger partial charge on any atom is 0.0767 e. The molecule has 1 atom stereocenters. The van der Waals surface area contributed by atoms with Gasteiger partial charge in [0.05, 0.1) is 6.10 Å². The van der Waals surface area contributed by atoms with Crippen molar-refractivity contribution in [3.63, 3.8) is 0 Å². The van der Waals surface area contributed by atoms with Crippen LogP contribution in [-0.4, -0.2) is 10.1 Å². The van der Waals surface area contributed by atoms with Crippen LogP contribution >= 0.6 is 0 Å². The third kappa shape index (κ3) is 1.40. The highest BCUT2D eigenvalue weighted by Gasteiger charge is 2.04. The minimum Gasteiger partial charge on any atom is -0.389 e. The van der Waals surface area contributed by atoms with Crippen molar-refractivity contribution in [2.45, 2.75) is 13.0 Å². The van der Waals surface area contributed by atoms with Crippen LogP contribution in [0.2, 0.25) is 0 Å². The predicted octanol–water partition coefficient (Wildman–Crippen LogP) is 2.29. The van der Waals surface area contributed by atoms with E-state index in [2.05, 4.69) is 4.98 Å². The molecule has 0 bridgehead atoms. The molecule has 1 heterocycles. The van der Waals surface area contributed by atoms with Crippen molar-refractivity contribution in [2.24, 2.45) is 0 Å². The lowest BCUT2D eigenvalue weighted by atomic mass is 10.0. The Hall–Kier alpha value is -1.41. The van der Waals surface area contributed by atoms with Gasteiger partial charge in [0.1, 0.15) is 0 Å². The summed E-state index contributed by atoms with van der Waals surface area (Å²) in [5.41, 5.74) is 0.958. The van der Waals surface area contributed by atoms with Crippen LogP contribution in [0, 0.1) is 0 Å². The fourth-order valence-electron chi connectivity index (χ4n) is 1.51. The summed E-state index contributed by atoms with van der Waals surface area (Å²) >= 11 is 0. The van der Waals surface area contributed by atoms with Crippen molar-refractivity contribution in [2.75, 3.05) is 0 Å². The first-order chi connectivity index (χ1) is 6.29. The minimum atomic E-state index is -0.425. The summed E-state index contributed by atoms with van der Waals surface area (Å²) in [7, 11) is 0. The second kappa shape index (κ2) is 3.15. The molecule has 0 aliphatic carbocycles. The maximum atomic E-state index is 9.50. The zero-order chi connectivity index (χ0) is 9.26. The number of hydrogen-bond donors (Lipinski definition) is 1. The second-order valence-corrected chi connectivity index (χ2v) is 3.12. The van der Waals surface area contributed by atoms with E-state index in [9.17, 15) is 5.11 Å². The van der Waals surface area contributed by atoms with Gasteiger partial charge >= 0.3 is 0 Å². The molecule has 2 aromatic rings. The third-order valence-corrected chi connectivity index (χ3v) is 2.16. The summed E-state index contributed by atoms with van der Waals surface area (Å²) in [5, 5.41) is 11.6. The fourth-order valence-corrected chi connectivity index (χ4v) is 1.51. The molecule has 2 rings (SSSR count). The number of aromatic nitrogens is 1. The molecule has 0 spiro atoms. The zero-order valence-corrected chi connectivity index (χ0v) is 7.44. The van der Waals surface area contributed by atoms with Crippen LogP contribution < -0.4 is 0 Å². The van der Waals surface area contributed by atoms with E-state index in [-0.39, 0.29) is 0 Å². The first-order valence-electron chi connectivity index (χ1n) is 4.30. The number of pyridine rings is 1. The Morgan fingerprint density at radius 1 is 1.31 bits per heavy atom. The summed E-state index contributed by atoms with van der Waals surface area (Å²) < 4.78 is 0. The number of fused-ring (bicyclic) bond motifs is 1. The molecular weight excluding hydrogens is 162 g/mol. The number of aliphatic hydroxyl groups excluding tert-OH is 1. The van der Waals surface area contributed by atoms with Gasteiger partial charge in [0.25, 0.3) is 0 Å². The number of nitrogens with zero attached hydrogens (tertiary/aromatic N) is 1. The summed E-state index contributed by atoms with van der Waals surface area (Å²) in [4.78, 5) is 4.03. The molecule has 0 amide bonds. The van der Waals surface area contributed by atoms with Crippen LogP contribution in [0.15, 0.2) is 36.7 Å². The van der Waals surface area contributed by atoms with Gasteiger partial charge in [-0.05, 0) is 23.9 Å². The first-order valence-corrected chi connectivity index (χ1v) is 4.30. The SMILES string of the molecule is C[C@H](O)c1cccc2cnccc12. The van der Waals surface area contributed by atoms with Crippen LogP contribution in [-0.2, 0) is 0 Å². The Morgan fingerprint density at radius 2 is 2.15 bits per heavy atom. The molecule has 1 aromatic carbocycles. The lowest BCUT2D eigenvalue weighted by Crippen LogP contribution is -1.92. The van der Waals surface area contributed by atoms with E-state index in [1.165, 1.54) is 0 Å². The molecule has 0 aliphatic heterocycles. The quantitative estimate of drug-likeness (QED) is 0.717. The predicted molar refractivity (Wildman–Crippen MR) is 52.4 cm³/mol. The largest absolute Gasteiger partial charge is 0.389 e. The lowest BCUT2D eigenvalue weighted by molar-refractivity contribution is 0.201. The van der Waals surface area contributed by atoms with Crippen molar-refractivity contribution in [1.82, 2.24) is 4.98 Å². The normalized spacial score (nSPS) is 13.1. The van der Waals surface area contributed by atoms with Gasteiger partial charge in [0.2, 0.25) is 0 Å². The molecular formula is C11H11NO. The Labute approximate surface area is 76.9 Å². The van der Waals surface area contributed by atoms with Crippen LogP contribution in [0.1, 0.15) is 18.6 Å². The van der Waals surface area contributed by atoms with E-state index >= 15 is 0 Å². The zero-order valence-electron chi connectivity index (χ0n) is 7.44. The molecule has 0 fully saturated rings. The smallest absolute Gasteiger partial charge is 0.0767 e. The topological polar surface area (TPSA) is 33.1 Å². The number of aliphatic hydroxyl groups is 1. The molecule has 66 valence electrons. The van der Waals surface area contributed by atoms with Crippen molar-refractivity contribution in [1.29, 1.82) is 0 Å². The summed E-state index contributed by atoms with van der Waals surface area (Å²) in [6.07, 6.45) is 3.13. The third-order valence-electron chi connectivity index (χ3n) is 2.16. The molecule has 13 heavy (non-hydrogen) atoms. The Balaban J connectivity index is 2.76. The van der Waals surface area contributed by atoms with Crippen molar-refractivity contribution in [3.05, 3.63) is 42.2 Å². The van der Waals surface area contributed by atoms with E-state index < -0.39 is 6.10 Å². The highest BCUT2D eigenvalue weighted by Crippen LogP contribution is 2.22. The van der Waals surface area contributed by atoms with Gasteiger partial charge in [0, 0.05) is 17.8 Å². The van der Waals surface area contributed by atoms with Crippen LogP contribution in [0.25, 0.3) is 10.8 Å². The summed E-state index contributed by atoms with van der Waals surface area (Å²) in [5.74, 6) is 0. The number of rotatable bonds is 1. The Bertz CT molecular complexity index is 418. The molecule has 2 nitrogen and oxygen atoms in total. The molecule has 1 N–H and O–H groups in total. The first kappa shape index (κ1) is 8.20. The standard InChI is InChI=1S/C11H11NO/c1-8(13)10-4-2-3-9-7-12-6-5-11(9)10/h2-8,13H,1H3/t8-/m0/s1. The molecule has 0 unspecified atom stereocenters. The van der Waals surface area contributed by atoms with Gasteiger partial charge in [0.15, 0.2) is 0 Å². The van der Waals surface area contributed by atoms with Gasteiger partial charge in [-0.1, -0.05) is 18.2 Å². The number of hydrogen-bond acceptors (Lipinski definition) is 2. The minimum absolute atomic E-state index is 0.425. The van der Waals surface area contributed by atoms with Crippen LogP contribution in [0.5, 0.6) is 0 Å². The maximum absolute atomic E-state index is 9.50. The van der Waals surface area contributed by atoms with Crippen LogP contribution in [0.4, 0.5) is 0 Å². The van der Waals surface area contributed by atoms with E-state index in [1.54, 1.807) is 19.3 Å². The average Bonchev–Trinajstić information content (AvgIpc) is 2.17. The van der Waals surface area contributed by atoms with E-state index in [0.717, 1.165) is 16.3 Å². The van der Waals surface area contributed by atoms with E-state index in [0.29, 0.717) is 0 Å². The molecule has 0 saturated carbocycles. The highest BCUT2D eigenvalue weighted by molar-refractivity contribution is 5.84. The van der Waals surface area contributed by atoms with E-state index in [4.69, 9.17) is 0 Å². The van der Waals surface area contributed by atoms with Gasteiger partial charge in [-0.3, -0.25) is 4.98 Å². The van der Waals surface area contributed by atoms with Crippen molar-refractivity contribution >= 4 is 10.8 Å². The Morgan fingerprint density at radius 3 is 2.92 bits per heavy atom. The van der Waals surface area contributed by atoms with Gasteiger partial charge in [-0.2, -0.15) is 0 Å². The van der Waals surface area contributed by atoms with Crippen molar-refractivity contribution < 1.29 is 5.11 Å². The Kier molecular flexibility index (Phi) is 1.99. The van der Waals surface area contributed by atoms with Gasteiger partial charge in [-0.25, -0.2) is 0 Å².